The van der Waals surface area contributed by atoms with E-state index in [-0.39, 0.29) is 16.8 Å². The Kier molecular flexibility index (Phi) is 5.09. The summed E-state index contributed by atoms with van der Waals surface area (Å²) < 4.78 is 5.48. The summed E-state index contributed by atoms with van der Waals surface area (Å²) in [5.74, 6) is 0.153. The van der Waals surface area contributed by atoms with Gasteiger partial charge >= 0.3 is 5.97 Å². The van der Waals surface area contributed by atoms with Gasteiger partial charge in [-0.1, -0.05) is 38.9 Å². The van der Waals surface area contributed by atoms with Crippen molar-refractivity contribution >= 4 is 12.2 Å². The zero-order valence-corrected chi connectivity index (χ0v) is 17.6. The summed E-state index contributed by atoms with van der Waals surface area (Å²) in [4.78, 5) is 11.6. The molecular weight excluding hydrogens is 350 g/mol. The molecule has 0 spiro atoms. The lowest BCUT2D eigenvalue weighted by molar-refractivity contribution is -0.131. The van der Waals surface area contributed by atoms with E-state index < -0.39 is 0 Å². The summed E-state index contributed by atoms with van der Waals surface area (Å²) in [6, 6.07) is 9.96. The summed E-state index contributed by atoms with van der Waals surface area (Å²) in [5.41, 5.74) is 6.70. The Morgan fingerprint density at radius 1 is 1.04 bits per heavy atom. The SMILES string of the molecule is CC(=O)Oc1ccc(C=NO)cc1-c1cc2c(cc1C)C(C)(C)CCC2(C)C. The molecule has 0 aromatic heterocycles. The van der Waals surface area contributed by atoms with Crippen LogP contribution in [0.1, 0.15) is 69.7 Å². The van der Waals surface area contributed by atoms with E-state index in [1.807, 2.05) is 6.07 Å². The van der Waals surface area contributed by atoms with E-state index in [1.165, 1.54) is 24.3 Å². The Labute approximate surface area is 167 Å². The molecular formula is C24H29NO3. The average molecular weight is 380 g/mol. The normalized spacial score (nSPS) is 17.4. The van der Waals surface area contributed by atoms with Crippen molar-refractivity contribution in [3.05, 3.63) is 52.6 Å². The molecule has 4 nitrogen and oxygen atoms in total. The molecule has 0 bridgehead atoms. The van der Waals surface area contributed by atoms with Gasteiger partial charge < -0.3 is 9.94 Å². The van der Waals surface area contributed by atoms with Gasteiger partial charge in [0.25, 0.3) is 0 Å². The van der Waals surface area contributed by atoms with Gasteiger partial charge in [0.1, 0.15) is 5.75 Å². The molecule has 0 heterocycles. The smallest absolute Gasteiger partial charge is 0.308 e. The minimum atomic E-state index is -0.359. The van der Waals surface area contributed by atoms with E-state index in [0.717, 1.165) is 35.1 Å². The fourth-order valence-electron chi connectivity index (χ4n) is 4.16. The third kappa shape index (κ3) is 3.68. The maximum absolute atomic E-state index is 11.6. The fraction of sp³-hybridized carbons (Fsp3) is 0.417. The van der Waals surface area contributed by atoms with E-state index in [0.29, 0.717) is 5.75 Å². The predicted octanol–water partition coefficient (Wildman–Crippen LogP) is 5.74. The highest BCUT2D eigenvalue weighted by molar-refractivity contribution is 5.86. The Morgan fingerprint density at radius 3 is 2.21 bits per heavy atom. The lowest BCUT2D eigenvalue weighted by atomic mass is 9.62. The van der Waals surface area contributed by atoms with Gasteiger partial charge in [0, 0.05) is 12.5 Å². The number of rotatable bonds is 3. The van der Waals surface area contributed by atoms with Crippen LogP contribution in [0.3, 0.4) is 0 Å². The van der Waals surface area contributed by atoms with Crippen LogP contribution in [-0.4, -0.2) is 17.4 Å². The van der Waals surface area contributed by atoms with E-state index in [9.17, 15) is 4.79 Å². The molecule has 2 aromatic rings. The van der Waals surface area contributed by atoms with Crippen molar-refractivity contribution in [3.63, 3.8) is 0 Å². The number of esters is 1. The van der Waals surface area contributed by atoms with E-state index >= 15 is 0 Å². The number of carbonyl (C=O) groups excluding carboxylic acids is 1. The second-order valence-corrected chi connectivity index (χ2v) is 9.07. The summed E-state index contributed by atoms with van der Waals surface area (Å²) in [7, 11) is 0. The molecule has 0 saturated heterocycles. The molecule has 148 valence electrons. The standard InChI is InChI=1S/C24H29NO3/c1-15-11-20-21(24(5,6)10-9-23(20,3)4)13-18(15)19-12-17(14-25-27)7-8-22(19)28-16(2)26/h7-8,11-14,27H,9-10H2,1-6H3. The number of hydrogen-bond donors (Lipinski definition) is 1. The first kappa shape index (κ1) is 20.1. The van der Waals surface area contributed by atoms with Gasteiger partial charge in [-0.05, 0) is 82.7 Å². The molecule has 0 saturated carbocycles. The molecule has 28 heavy (non-hydrogen) atoms. The van der Waals surface area contributed by atoms with Gasteiger partial charge in [0.05, 0.1) is 6.21 Å². The van der Waals surface area contributed by atoms with Crippen LogP contribution in [-0.2, 0) is 15.6 Å². The van der Waals surface area contributed by atoms with Crippen molar-refractivity contribution in [2.75, 3.05) is 0 Å². The Morgan fingerprint density at radius 2 is 1.64 bits per heavy atom. The van der Waals surface area contributed by atoms with Gasteiger partial charge in [-0.25, -0.2) is 0 Å². The molecule has 2 aromatic carbocycles. The van der Waals surface area contributed by atoms with Crippen LogP contribution in [0.25, 0.3) is 11.1 Å². The third-order valence-electron chi connectivity index (χ3n) is 5.95. The third-order valence-corrected chi connectivity index (χ3v) is 5.95. The van der Waals surface area contributed by atoms with Crippen molar-refractivity contribution in [1.29, 1.82) is 0 Å². The van der Waals surface area contributed by atoms with Crippen LogP contribution in [0.4, 0.5) is 0 Å². The van der Waals surface area contributed by atoms with E-state index in [2.05, 4.69) is 51.9 Å². The van der Waals surface area contributed by atoms with Crippen LogP contribution >= 0.6 is 0 Å². The number of ether oxygens (including phenoxy) is 1. The molecule has 4 heteroatoms. The molecule has 0 fully saturated rings. The molecule has 0 unspecified atom stereocenters. The van der Waals surface area contributed by atoms with Gasteiger partial charge in [-0.15, -0.1) is 0 Å². The molecule has 1 N–H and O–H groups in total. The van der Waals surface area contributed by atoms with Crippen LogP contribution in [0.2, 0.25) is 0 Å². The number of nitrogens with zero attached hydrogens (tertiary/aromatic N) is 1. The summed E-state index contributed by atoms with van der Waals surface area (Å²) in [6.45, 7) is 12.7. The number of oxime groups is 1. The highest BCUT2D eigenvalue weighted by Crippen LogP contribution is 2.48. The minimum absolute atomic E-state index is 0.0824. The lowest BCUT2D eigenvalue weighted by Gasteiger charge is -2.42. The molecule has 0 amide bonds. The molecule has 0 radical (unpaired) electrons. The quantitative estimate of drug-likeness (QED) is 0.243. The van der Waals surface area contributed by atoms with Crippen molar-refractivity contribution in [2.45, 2.75) is 65.2 Å². The number of hydrogen-bond acceptors (Lipinski definition) is 4. The maximum Gasteiger partial charge on any atom is 0.308 e. The van der Waals surface area contributed by atoms with Crippen LogP contribution < -0.4 is 4.74 Å². The number of fused-ring (bicyclic) bond motifs is 1. The van der Waals surface area contributed by atoms with E-state index in [4.69, 9.17) is 9.94 Å². The highest BCUT2D eigenvalue weighted by atomic mass is 16.5. The number of carbonyl (C=O) groups is 1. The first-order valence-electron chi connectivity index (χ1n) is 9.71. The Bertz CT molecular complexity index is 955. The number of aryl methyl sites for hydroxylation is 1. The van der Waals surface area contributed by atoms with Gasteiger partial charge in [0.2, 0.25) is 0 Å². The van der Waals surface area contributed by atoms with Crippen molar-refractivity contribution < 1.29 is 14.7 Å². The molecule has 1 aliphatic rings. The first-order valence-corrected chi connectivity index (χ1v) is 9.71. The van der Waals surface area contributed by atoms with Crippen LogP contribution in [0.5, 0.6) is 5.75 Å². The fourth-order valence-corrected chi connectivity index (χ4v) is 4.16. The largest absolute Gasteiger partial charge is 0.426 e. The Hall–Kier alpha value is -2.62. The van der Waals surface area contributed by atoms with Gasteiger partial charge in [-0.2, -0.15) is 0 Å². The van der Waals surface area contributed by atoms with Crippen molar-refractivity contribution in [2.24, 2.45) is 5.16 Å². The zero-order chi connectivity index (χ0) is 20.7. The number of benzene rings is 2. The van der Waals surface area contributed by atoms with E-state index in [1.54, 1.807) is 12.1 Å². The topological polar surface area (TPSA) is 58.9 Å². The summed E-state index contributed by atoms with van der Waals surface area (Å²) in [6.07, 6.45) is 3.66. The molecule has 0 atom stereocenters. The van der Waals surface area contributed by atoms with Crippen molar-refractivity contribution in [3.8, 4) is 16.9 Å². The Balaban J connectivity index is 2.27. The lowest BCUT2D eigenvalue weighted by Crippen LogP contribution is -2.34. The van der Waals surface area contributed by atoms with Gasteiger partial charge in [-0.3, -0.25) is 4.79 Å². The minimum Gasteiger partial charge on any atom is -0.426 e. The van der Waals surface area contributed by atoms with Crippen molar-refractivity contribution in [1.82, 2.24) is 0 Å². The van der Waals surface area contributed by atoms with Crippen LogP contribution in [0.15, 0.2) is 35.5 Å². The molecule has 3 rings (SSSR count). The summed E-state index contributed by atoms with van der Waals surface area (Å²) >= 11 is 0. The zero-order valence-electron chi connectivity index (χ0n) is 17.6. The van der Waals surface area contributed by atoms with Gasteiger partial charge in [0.15, 0.2) is 0 Å². The molecule has 0 aliphatic heterocycles. The average Bonchev–Trinajstić information content (AvgIpc) is 2.60. The van der Waals surface area contributed by atoms with Crippen LogP contribution in [0, 0.1) is 6.92 Å². The first-order chi connectivity index (χ1) is 13.0. The second kappa shape index (κ2) is 7.08. The second-order valence-electron chi connectivity index (χ2n) is 9.07. The monoisotopic (exact) mass is 379 g/mol. The predicted molar refractivity (Wildman–Crippen MR) is 113 cm³/mol. The maximum atomic E-state index is 11.6. The molecule has 1 aliphatic carbocycles. The summed E-state index contributed by atoms with van der Waals surface area (Å²) in [5, 5.41) is 12.1. The highest BCUT2D eigenvalue weighted by Gasteiger charge is 2.37.